The lowest BCUT2D eigenvalue weighted by Crippen LogP contribution is -2.15. The van der Waals surface area contributed by atoms with Crippen LogP contribution in [0.1, 0.15) is 11.3 Å². The second-order valence-corrected chi connectivity index (χ2v) is 7.26. The maximum atomic E-state index is 12.8. The zero-order valence-electron chi connectivity index (χ0n) is 16.2. The number of alkyl halides is 3. The molecule has 3 aromatic rings. The maximum absolute atomic E-state index is 12.8. The Morgan fingerprint density at radius 2 is 1.83 bits per heavy atom. The largest absolute Gasteiger partial charge is 0.497 e. The summed E-state index contributed by atoms with van der Waals surface area (Å²) < 4.78 is 43.5. The van der Waals surface area contributed by atoms with Gasteiger partial charge in [-0.25, -0.2) is 9.97 Å². The Kier molecular flexibility index (Phi) is 6.61. The molecule has 30 heavy (non-hydrogen) atoms. The molecule has 0 saturated carbocycles. The first-order chi connectivity index (χ1) is 14.2. The number of rotatable bonds is 6. The Hall–Kier alpha value is -3.07. The number of thioether (sulfide) groups is 1. The molecular formula is C21H18F3N3O2S. The Balaban J connectivity index is 1.67. The fraction of sp³-hybridized carbons (Fsp3) is 0.190. The van der Waals surface area contributed by atoms with Gasteiger partial charge in [0.25, 0.3) is 0 Å². The summed E-state index contributed by atoms with van der Waals surface area (Å²) in [5.41, 5.74) is 1.57. The SMILES string of the molecule is COc1ccc(-c2cc(C)nc(SCC(=O)Nc3cccc(C(F)(F)F)c3)n2)cc1. The molecule has 5 nitrogen and oxygen atoms in total. The van der Waals surface area contributed by atoms with Crippen molar-refractivity contribution in [3.05, 3.63) is 65.9 Å². The topological polar surface area (TPSA) is 64.1 Å². The van der Waals surface area contributed by atoms with Crippen LogP contribution < -0.4 is 10.1 Å². The van der Waals surface area contributed by atoms with Gasteiger partial charge in [-0.15, -0.1) is 0 Å². The second-order valence-electron chi connectivity index (χ2n) is 6.32. The molecule has 0 unspecified atom stereocenters. The fourth-order valence-corrected chi connectivity index (χ4v) is 3.32. The zero-order valence-corrected chi connectivity index (χ0v) is 17.0. The normalized spacial score (nSPS) is 11.2. The Morgan fingerprint density at radius 3 is 2.50 bits per heavy atom. The van der Waals surface area contributed by atoms with Crippen LogP contribution in [0, 0.1) is 6.92 Å². The quantitative estimate of drug-likeness (QED) is 0.427. The third-order valence-electron chi connectivity index (χ3n) is 4.03. The van der Waals surface area contributed by atoms with Crippen molar-refractivity contribution in [1.82, 2.24) is 9.97 Å². The molecular weight excluding hydrogens is 415 g/mol. The van der Waals surface area contributed by atoms with E-state index < -0.39 is 17.6 Å². The van der Waals surface area contributed by atoms with Gasteiger partial charge in [-0.2, -0.15) is 13.2 Å². The number of hydrogen-bond donors (Lipinski definition) is 1. The summed E-state index contributed by atoms with van der Waals surface area (Å²) in [7, 11) is 1.59. The average molecular weight is 433 g/mol. The van der Waals surface area contributed by atoms with Crippen LogP contribution in [0.15, 0.2) is 59.8 Å². The van der Waals surface area contributed by atoms with Crippen molar-refractivity contribution in [2.75, 3.05) is 18.2 Å². The number of halogens is 3. The van der Waals surface area contributed by atoms with E-state index >= 15 is 0 Å². The number of carbonyl (C=O) groups is 1. The minimum Gasteiger partial charge on any atom is -0.497 e. The fourth-order valence-electron chi connectivity index (χ4n) is 2.62. The molecule has 1 amide bonds. The number of ether oxygens (including phenoxy) is 1. The van der Waals surface area contributed by atoms with Gasteiger partial charge in [0, 0.05) is 16.9 Å². The van der Waals surface area contributed by atoms with E-state index in [2.05, 4.69) is 15.3 Å². The van der Waals surface area contributed by atoms with Gasteiger partial charge in [-0.05, 0) is 55.5 Å². The highest BCUT2D eigenvalue weighted by Gasteiger charge is 2.30. The molecule has 3 rings (SSSR count). The van der Waals surface area contributed by atoms with Crippen molar-refractivity contribution >= 4 is 23.4 Å². The van der Waals surface area contributed by atoms with Crippen molar-refractivity contribution in [3.8, 4) is 17.0 Å². The van der Waals surface area contributed by atoms with Crippen molar-refractivity contribution in [2.45, 2.75) is 18.3 Å². The third-order valence-corrected chi connectivity index (χ3v) is 4.87. The lowest BCUT2D eigenvalue weighted by molar-refractivity contribution is -0.137. The smallest absolute Gasteiger partial charge is 0.416 e. The highest BCUT2D eigenvalue weighted by atomic mass is 32.2. The highest BCUT2D eigenvalue weighted by Crippen LogP contribution is 2.30. The summed E-state index contributed by atoms with van der Waals surface area (Å²) in [5.74, 6) is 0.239. The van der Waals surface area contributed by atoms with E-state index in [-0.39, 0.29) is 11.4 Å². The number of nitrogens with zero attached hydrogens (tertiary/aromatic N) is 2. The zero-order chi connectivity index (χ0) is 21.7. The van der Waals surface area contributed by atoms with Crippen molar-refractivity contribution in [2.24, 2.45) is 0 Å². The van der Waals surface area contributed by atoms with Crippen LogP contribution in [0.5, 0.6) is 5.75 Å². The van der Waals surface area contributed by atoms with Gasteiger partial charge in [-0.1, -0.05) is 17.8 Å². The lowest BCUT2D eigenvalue weighted by Gasteiger charge is -2.10. The molecule has 0 aliphatic carbocycles. The number of nitrogens with one attached hydrogen (secondary N) is 1. The summed E-state index contributed by atoms with van der Waals surface area (Å²) >= 11 is 1.11. The standard InChI is InChI=1S/C21H18F3N3O2S/c1-13-10-18(14-6-8-17(29-2)9-7-14)27-20(25-13)30-12-19(28)26-16-5-3-4-15(11-16)21(22,23)24/h3-11H,12H2,1-2H3,(H,26,28). The molecule has 0 saturated heterocycles. The van der Waals surface area contributed by atoms with Crippen molar-refractivity contribution in [3.63, 3.8) is 0 Å². The molecule has 0 bridgehead atoms. The molecule has 9 heteroatoms. The number of hydrogen-bond acceptors (Lipinski definition) is 5. The van der Waals surface area contributed by atoms with E-state index in [1.165, 1.54) is 12.1 Å². The molecule has 1 aromatic heterocycles. The van der Waals surface area contributed by atoms with Crippen molar-refractivity contribution < 1.29 is 22.7 Å². The predicted molar refractivity (Wildman–Crippen MR) is 110 cm³/mol. The van der Waals surface area contributed by atoms with E-state index in [4.69, 9.17) is 4.74 Å². The van der Waals surface area contributed by atoms with E-state index in [1.807, 2.05) is 37.3 Å². The second kappa shape index (κ2) is 9.17. The molecule has 0 aliphatic heterocycles. The summed E-state index contributed by atoms with van der Waals surface area (Å²) in [6.45, 7) is 1.82. The van der Waals surface area contributed by atoms with E-state index in [1.54, 1.807) is 7.11 Å². The Bertz CT molecular complexity index is 1040. The van der Waals surface area contributed by atoms with Gasteiger partial charge < -0.3 is 10.1 Å². The van der Waals surface area contributed by atoms with E-state index in [0.29, 0.717) is 10.9 Å². The monoisotopic (exact) mass is 433 g/mol. The Morgan fingerprint density at radius 1 is 1.10 bits per heavy atom. The van der Waals surface area contributed by atoms with Gasteiger partial charge >= 0.3 is 6.18 Å². The first-order valence-electron chi connectivity index (χ1n) is 8.84. The maximum Gasteiger partial charge on any atom is 0.416 e. The number of amides is 1. The molecule has 2 aromatic carbocycles. The summed E-state index contributed by atoms with van der Waals surface area (Å²) in [6.07, 6.45) is -4.47. The van der Waals surface area contributed by atoms with Gasteiger partial charge in [0.15, 0.2) is 5.16 Å². The van der Waals surface area contributed by atoms with Crippen LogP contribution >= 0.6 is 11.8 Å². The summed E-state index contributed by atoms with van der Waals surface area (Å²) in [5, 5.41) is 2.87. The molecule has 0 atom stereocenters. The van der Waals surface area contributed by atoms with Crippen LogP contribution in [0.2, 0.25) is 0 Å². The third kappa shape index (κ3) is 5.73. The molecule has 1 N–H and O–H groups in total. The molecule has 156 valence electrons. The van der Waals surface area contributed by atoms with Gasteiger partial charge in [0.2, 0.25) is 5.91 Å². The highest BCUT2D eigenvalue weighted by molar-refractivity contribution is 7.99. The van der Waals surface area contributed by atoms with E-state index in [9.17, 15) is 18.0 Å². The molecule has 0 radical (unpaired) electrons. The van der Waals surface area contributed by atoms with Gasteiger partial charge in [0.05, 0.1) is 24.1 Å². The van der Waals surface area contributed by atoms with Crippen LogP contribution in [0.4, 0.5) is 18.9 Å². The van der Waals surface area contributed by atoms with Gasteiger partial charge in [-0.3, -0.25) is 4.79 Å². The van der Waals surface area contributed by atoms with E-state index in [0.717, 1.165) is 40.9 Å². The predicted octanol–water partition coefficient (Wildman–Crippen LogP) is 5.21. The van der Waals surface area contributed by atoms with Crippen LogP contribution in [0.25, 0.3) is 11.3 Å². The lowest BCUT2D eigenvalue weighted by atomic mass is 10.1. The summed E-state index contributed by atoms with van der Waals surface area (Å²) in [4.78, 5) is 21.0. The number of aromatic nitrogens is 2. The molecule has 0 spiro atoms. The average Bonchev–Trinajstić information content (AvgIpc) is 2.71. The van der Waals surface area contributed by atoms with Crippen LogP contribution in [-0.4, -0.2) is 28.7 Å². The number of benzene rings is 2. The molecule has 1 heterocycles. The number of anilines is 1. The van der Waals surface area contributed by atoms with Gasteiger partial charge in [0.1, 0.15) is 5.75 Å². The minimum absolute atomic E-state index is 0.0399. The van der Waals surface area contributed by atoms with Crippen molar-refractivity contribution in [1.29, 1.82) is 0 Å². The molecule has 0 aliphatic rings. The van der Waals surface area contributed by atoms with Crippen LogP contribution in [-0.2, 0) is 11.0 Å². The first-order valence-corrected chi connectivity index (χ1v) is 9.83. The molecule has 0 fully saturated rings. The van der Waals surface area contributed by atoms with Crippen LogP contribution in [0.3, 0.4) is 0 Å². The summed E-state index contributed by atoms with van der Waals surface area (Å²) in [6, 6.07) is 13.7. The minimum atomic E-state index is -4.47. The number of aryl methyl sites for hydroxylation is 1. The Labute approximate surface area is 175 Å². The number of carbonyl (C=O) groups excluding carboxylic acids is 1. The number of methoxy groups -OCH3 is 1. The first kappa shape index (κ1) is 21.6.